The molecule has 2 aliphatic heterocycles. The zero-order valence-electron chi connectivity index (χ0n) is 19.7. The number of fused-ring (bicyclic) bond motifs is 1. The summed E-state index contributed by atoms with van der Waals surface area (Å²) < 4.78 is 14.1. The number of halogens is 1. The Morgan fingerprint density at radius 1 is 1.21 bits per heavy atom. The van der Waals surface area contributed by atoms with Crippen molar-refractivity contribution < 1.29 is 9.18 Å². The number of rotatable bonds is 7. The number of alkyl halides is 1. The lowest BCUT2D eigenvalue weighted by atomic mass is 9.95. The first-order valence-corrected chi connectivity index (χ1v) is 11.8. The number of piperidine rings is 1. The number of hydrogen-bond donors (Lipinski definition) is 2. The Labute approximate surface area is 194 Å². The second-order valence-electron chi connectivity index (χ2n) is 9.19. The van der Waals surface area contributed by atoms with Crippen molar-refractivity contribution in [1.82, 2.24) is 15.2 Å². The molecule has 7 heteroatoms. The summed E-state index contributed by atoms with van der Waals surface area (Å²) in [7, 11) is 0. The van der Waals surface area contributed by atoms with Gasteiger partial charge >= 0.3 is 0 Å². The first-order valence-electron chi connectivity index (χ1n) is 11.8. The number of ketones is 1. The van der Waals surface area contributed by atoms with Gasteiger partial charge in [0, 0.05) is 49.0 Å². The Morgan fingerprint density at radius 3 is 2.67 bits per heavy atom. The molecule has 2 aromatic rings. The van der Waals surface area contributed by atoms with Crippen LogP contribution in [-0.4, -0.2) is 54.1 Å². The molecule has 0 unspecified atom stereocenters. The summed E-state index contributed by atoms with van der Waals surface area (Å²) in [4.78, 5) is 32.0. The highest BCUT2D eigenvalue weighted by Gasteiger charge is 2.31. The molecule has 1 aromatic heterocycles. The highest BCUT2D eigenvalue weighted by atomic mass is 19.1. The summed E-state index contributed by atoms with van der Waals surface area (Å²) in [6.45, 7) is 8.61. The Bertz CT molecular complexity index is 1150. The molecule has 0 atom stereocenters. The molecule has 1 saturated heterocycles. The van der Waals surface area contributed by atoms with E-state index in [-0.39, 0.29) is 11.3 Å². The Hall–Kier alpha value is -2.93. The molecular formula is C26H33FN4O2. The molecule has 0 radical (unpaired) electrons. The summed E-state index contributed by atoms with van der Waals surface area (Å²) in [5.74, 6) is 1.09. The van der Waals surface area contributed by atoms with Crippen LogP contribution in [0.3, 0.4) is 0 Å². The van der Waals surface area contributed by atoms with Crippen LogP contribution in [0.15, 0.2) is 58.3 Å². The van der Waals surface area contributed by atoms with Gasteiger partial charge in [0.15, 0.2) is 5.78 Å². The third-order valence-corrected chi connectivity index (χ3v) is 6.76. The molecule has 0 saturated carbocycles. The van der Waals surface area contributed by atoms with Crippen molar-refractivity contribution in [1.29, 1.82) is 0 Å². The summed E-state index contributed by atoms with van der Waals surface area (Å²) in [6.07, 6.45) is 5.42. The minimum absolute atomic E-state index is 0.0951. The molecule has 0 bridgehead atoms. The second-order valence-corrected chi connectivity index (χ2v) is 9.19. The van der Waals surface area contributed by atoms with Gasteiger partial charge in [-0.15, -0.1) is 0 Å². The number of dihydropyridines is 1. The van der Waals surface area contributed by atoms with Crippen LogP contribution in [0.2, 0.25) is 0 Å². The molecule has 1 aromatic carbocycles. The van der Waals surface area contributed by atoms with E-state index in [4.69, 9.17) is 0 Å². The predicted octanol–water partition coefficient (Wildman–Crippen LogP) is 3.90. The predicted molar refractivity (Wildman–Crippen MR) is 131 cm³/mol. The fraction of sp³-hybridized carbons (Fsp3) is 0.462. The van der Waals surface area contributed by atoms with Crippen molar-refractivity contribution in [2.24, 2.45) is 0 Å². The summed E-state index contributed by atoms with van der Waals surface area (Å²) in [5.41, 5.74) is 1.63. The maximum Gasteiger partial charge on any atom is 0.255 e. The number of anilines is 1. The molecule has 0 amide bonds. The van der Waals surface area contributed by atoms with Crippen LogP contribution in [-0.2, 0) is 4.79 Å². The minimum Gasteiger partial charge on any atom is -0.367 e. The SMILES string of the molecule is CCC1=C(N(CC)c2ccc3c(=O)[nH]ccc3c2)NCC(C(=O)CN2CCC(C)(F)CC2)=C1. The molecule has 2 aliphatic rings. The van der Waals surface area contributed by atoms with Crippen LogP contribution in [0.4, 0.5) is 10.1 Å². The van der Waals surface area contributed by atoms with E-state index in [0.29, 0.717) is 44.4 Å². The average molecular weight is 453 g/mol. The number of nitrogens with one attached hydrogen (secondary N) is 2. The van der Waals surface area contributed by atoms with Crippen molar-refractivity contribution in [3.63, 3.8) is 0 Å². The van der Waals surface area contributed by atoms with Crippen molar-refractivity contribution in [3.8, 4) is 0 Å². The number of H-pyrrole nitrogens is 1. The summed E-state index contributed by atoms with van der Waals surface area (Å²) >= 11 is 0. The lowest BCUT2D eigenvalue weighted by Crippen LogP contribution is -2.43. The highest BCUT2D eigenvalue weighted by molar-refractivity contribution is 5.98. The fourth-order valence-corrected chi connectivity index (χ4v) is 4.64. The smallest absolute Gasteiger partial charge is 0.255 e. The van der Waals surface area contributed by atoms with Gasteiger partial charge in [0.1, 0.15) is 11.5 Å². The largest absolute Gasteiger partial charge is 0.367 e. The van der Waals surface area contributed by atoms with Gasteiger partial charge in [-0.3, -0.25) is 14.5 Å². The Morgan fingerprint density at radius 2 is 1.97 bits per heavy atom. The highest BCUT2D eigenvalue weighted by Crippen LogP contribution is 2.28. The number of aromatic nitrogens is 1. The third-order valence-electron chi connectivity index (χ3n) is 6.76. The average Bonchev–Trinajstić information content (AvgIpc) is 2.81. The standard InChI is InChI=1S/C26H33FN4O2/c1-4-18-14-20(23(32)17-30-12-9-26(3,27)10-13-30)16-29-24(18)31(5-2)21-6-7-22-19(15-21)8-11-28-25(22)33/h6-8,11,14-15,29H,4-5,9-10,12-13,16-17H2,1-3H3,(H,28,33). The van der Waals surface area contributed by atoms with E-state index in [1.165, 1.54) is 0 Å². The number of likely N-dealkylation sites (tertiary alicyclic amines) is 1. The molecule has 1 fully saturated rings. The van der Waals surface area contributed by atoms with Gasteiger partial charge in [0.2, 0.25) is 0 Å². The van der Waals surface area contributed by atoms with Gasteiger partial charge < -0.3 is 15.2 Å². The van der Waals surface area contributed by atoms with Crippen LogP contribution in [0, 0.1) is 0 Å². The fourth-order valence-electron chi connectivity index (χ4n) is 4.64. The number of nitrogens with zero attached hydrogens (tertiary/aromatic N) is 2. The first-order chi connectivity index (χ1) is 15.8. The number of Topliss-reactive ketones (excluding diaryl/α,β-unsaturated/α-hetero) is 1. The number of carbonyl (C=O) groups is 1. The lowest BCUT2D eigenvalue weighted by molar-refractivity contribution is -0.117. The molecule has 0 spiro atoms. The normalized spacial score (nSPS) is 18.7. The summed E-state index contributed by atoms with van der Waals surface area (Å²) in [6, 6.07) is 7.74. The number of pyridine rings is 1. The van der Waals surface area contributed by atoms with E-state index in [0.717, 1.165) is 41.0 Å². The number of hydrogen-bond acceptors (Lipinski definition) is 5. The Kier molecular flexibility index (Phi) is 6.70. The summed E-state index contributed by atoms with van der Waals surface area (Å²) in [5, 5.41) is 5.03. The zero-order chi connectivity index (χ0) is 23.6. The van der Waals surface area contributed by atoms with Crippen LogP contribution >= 0.6 is 0 Å². The molecule has 6 nitrogen and oxygen atoms in total. The van der Waals surface area contributed by atoms with E-state index in [1.54, 1.807) is 13.1 Å². The lowest BCUT2D eigenvalue weighted by Gasteiger charge is -2.34. The molecule has 4 rings (SSSR count). The van der Waals surface area contributed by atoms with E-state index in [1.807, 2.05) is 30.3 Å². The van der Waals surface area contributed by atoms with E-state index >= 15 is 0 Å². The number of benzene rings is 1. The molecule has 3 heterocycles. The number of carbonyl (C=O) groups excluding carboxylic acids is 1. The maximum atomic E-state index is 14.1. The maximum absolute atomic E-state index is 14.1. The van der Waals surface area contributed by atoms with Gasteiger partial charge in [-0.2, -0.15) is 0 Å². The Balaban J connectivity index is 1.56. The topological polar surface area (TPSA) is 68.4 Å². The van der Waals surface area contributed by atoms with Crippen molar-refractivity contribution in [2.75, 3.05) is 37.6 Å². The van der Waals surface area contributed by atoms with Crippen LogP contribution in [0.1, 0.15) is 40.0 Å². The monoisotopic (exact) mass is 452 g/mol. The van der Waals surface area contributed by atoms with Crippen molar-refractivity contribution >= 4 is 22.2 Å². The van der Waals surface area contributed by atoms with E-state index in [2.05, 4.69) is 33.9 Å². The quantitative estimate of drug-likeness (QED) is 0.667. The molecular weight excluding hydrogens is 419 g/mol. The molecule has 0 aliphatic carbocycles. The van der Waals surface area contributed by atoms with E-state index in [9.17, 15) is 14.0 Å². The van der Waals surface area contributed by atoms with Crippen molar-refractivity contribution in [3.05, 3.63) is 63.9 Å². The van der Waals surface area contributed by atoms with Gasteiger partial charge in [0.25, 0.3) is 5.56 Å². The zero-order valence-corrected chi connectivity index (χ0v) is 19.7. The molecule has 33 heavy (non-hydrogen) atoms. The van der Waals surface area contributed by atoms with Crippen LogP contribution in [0.25, 0.3) is 10.8 Å². The van der Waals surface area contributed by atoms with Crippen LogP contribution < -0.4 is 15.8 Å². The van der Waals surface area contributed by atoms with E-state index < -0.39 is 5.67 Å². The van der Waals surface area contributed by atoms with Gasteiger partial charge in [-0.25, -0.2) is 4.39 Å². The van der Waals surface area contributed by atoms with Crippen LogP contribution in [0.5, 0.6) is 0 Å². The van der Waals surface area contributed by atoms with Gasteiger partial charge in [0.05, 0.1) is 6.54 Å². The second kappa shape index (κ2) is 9.51. The number of allylic oxidation sites excluding steroid dienone is 2. The van der Waals surface area contributed by atoms with Gasteiger partial charge in [-0.05, 0) is 74.4 Å². The van der Waals surface area contributed by atoms with Gasteiger partial charge in [-0.1, -0.05) is 6.92 Å². The number of aromatic amines is 1. The first kappa shape index (κ1) is 23.2. The van der Waals surface area contributed by atoms with Crippen molar-refractivity contribution in [2.45, 2.75) is 45.7 Å². The molecule has 2 N–H and O–H groups in total. The molecule has 176 valence electrons. The minimum atomic E-state index is -1.11. The third kappa shape index (κ3) is 5.03.